The molecular formula is C26H27F3N8O3S. The van der Waals surface area contributed by atoms with Crippen LogP contribution in [0.5, 0.6) is 5.75 Å². The molecular weight excluding hydrogens is 561 g/mol. The van der Waals surface area contributed by atoms with Gasteiger partial charge in [0.05, 0.1) is 6.54 Å². The van der Waals surface area contributed by atoms with Gasteiger partial charge in [0.25, 0.3) is 5.56 Å². The molecule has 15 heteroatoms. The van der Waals surface area contributed by atoms with Crippen LogP contribution in [0.1, 0.15) is 11.1 Å². The van der Waals surface area contributed by atoms with Crippen LogP contribution in [0.25, 0.3) is 16.9 Å². The minimum Gasteiger partial charge on any atom is -0.405 e. The average molecular weight is 589 g/mol. The van der Waals surface area contributed by atoms with E-state index in [4.69, 9.17) is 0 Å². The lowest BCUT2D eigenvalue weighted by Crippen LogP contribution is -2.28. The monoisotopic (exact) mass is 588 g/mol. The number of rotatable bonds is 7. The van der Waals surface area contributed by atoms with Crippen molar-refractivity contribution in [1.29, 1.82) is 0 Å². The quantitative estimate of drug-likeness (QED) is 0.320. The predicted octanol–water partition coefficient (Wildman–Crippen LogP) is 4.15. The second-order valence-corrected chi connectivity index (χ2v) is 12.4. The highest BCUT2D eigenvalue weighted by Gasteiger charge is 2.33. The van der Waals surface area contributed by atoms with Crippen LogP contribution in [-0.2, 0) is 29.2 Å². The van der Waals surface area contributed by atoms with Gasteiger partial charge in [-0.05, 0) is 37.2 Å². The minimum absolute atomic E-state index is 0.0371. The first-order valence-corrected chi connectivity index (χ1v) is 14.8. The average Bonchev–Trinajstić information content (AvgIpc) is 3.13. The minimum atomic E-state index is -4.86. The maximum absolute atomic E-state index is 13.2. The second-order valence-electron chi connectivity index (χ2n) is 9.82. The highest BCUT2D eigenvalue weighted by Crippen LogP contribution is 2.35. The maximum Gasteiger partial charge on any atom is 0.573 e. The lowest BCUT2D eigenvalue weighted by Gasteiger charge is -2.27. The molecule has 1 aliphatic heterocycles. The lowest BCUT2D eigenvalue weighted by atomic mass is 9.98. The Morgan fingerprint density at radius 2 is 2.02 bits per heavy atom. The zero-order valence-electron chi connectivity index (χ0n) is 22.5. The molecule has 0 radical (unpaired) electrons. The van der Waals surface area contributed by atoms with Crippen LogP contribution in [-0.4, -0.2) is 65.9 Å². The maximum atomic E-state index is 13.2. The summed E-state index contributed by atoms with van der Waals surface area (Å²) in [7, 11) is -0.619. The van der Waals surface area contributed by atoms with Gasteiger partial charge in [-0.3, -0.25) is 4.79 Å². The lowest BCUT2D eigenvalue weighted by molar-refractivity contribution is -0.274. The van der Waals surface area contributed by atoms with Crippen LogP contribution in [0.3, 0.4) is 0 Å². The van der Waals surface area contributed by atoms with Crippen molar-refractivity contribution in [3.63, 3.8) is 0 Å². The fraction of sp³-hybridized carbons (Fsp3) is 0.308. The number of anilines is 2. The Kier molecular flexibility index (Phi) is 7.33. The number of aromatic nitrogens is 5. The zero-order chi connectivity index (χ0) is 29.5. The molecule has 0 bridgehead atoms. The normalized spacial score (nSPS) is 14.1. The molecule has 0 aliphatic carbocycles. The molecule has 3 aromatic heterocycles. The Bertz CT molecular complexity index is 1830. The summed E-state index contributed by atoms with van der Waals surface area (Å²) in [6.45, 7) is 4.89. The van der Waals surface area contributed by atoms with Crippen molar-refractivity contribution in [3.05, 3.63) is 70.7 Å². The molecule has 11 nitrogen and oxygen atoms in total. The number of alkyl halides is 3. The number of allylic oxidation sites excluding steroid dienone is 1. The fourth-order valence-electron chi connectivity index (χ4n) is 4.63. The summed E-state index contributed by atoms with van der Waals surface area (Å²) in [6.07, 6.45) is 1.39. The van der Waals surface area contributed by atoms with E-state index in [0.717, 1.165) is 0 Å². The van der Waals surface area contributed by atoms with Gasteiger partial charge in [0.1, 0.15) is 11.1 Å². The first kappa shape index (κ1) is 28.3. The molecule has 41 heavy (non-hydrogen) atoms. The van der Waals surface area contributed by atoms with Crippen LogP contribution in [0, 0.1) is 0 Å². The Morgan fingerprint density at radius 3 is 2.73 bits per heavy atom. The molecule has 4 heterocycles. The van der Waals surface area contributed by atoms with Gasteiger partial charge in [0.2, 0.25) is 5.95 Å². The largest absolute Gasteiger partial charge is 0.573 e. The number of nitrogens with zero attached hydrogens (tertiary/aromatic N) is 7. The van der Waals surface area contributed by atoms with E-state index >= 15 is 0 Å². The zero-order valence-corrected chi connectivity index (χ0v) is 23.3. The molecule has 0 saturated carbocycles. The molecule has 0 spiro atoms. The van der Waals surface area contributed by atoms with Gasteiger partial charge in [-0.1, -0.05) is 12.1 Å². The van der Waals surface area contributed by atoms with Crippen molar-refractivity contribution < 1.29 is 22.1 Å². The standard InChI is InChI=1S/C26H27F3N8O3S/c1-5-10-36-24(38)19-14-30-25(33-23(19)37(36)22-8-6-7-21(32-22)34-41(3,4)39)31-17-12-16-15-35(2)11-9-18(16)20(13-17)40-26(27,28)29/h5-8,12-14H,1,9-11,15H2,2-4H3,(H,30,31,33). The van der Waals surface area contributed by atoms with Crippen LogP contribution in [0.15, 0.2) is 58.3 Å². The van der Waals surface area contributed by atoms with E-state index in [2.05, 4.69) is 35.9 Å². The van der Waals surface area contributed by atoms with Gasteiger partial charge >= 0.3 is 6.36 Å². The summed E-state index contributed by atoms with van der Waals surface area (Å²) < 4.78 is 63.2. The number of pyridine rings is 1. The molecule has 216 valence electrons. The molecule has 0 atom stereocenters. The van der Waals surface area contributed by atoms with E-state index in [0.29, 0.717) is 30.6 Å². The molecule has 0 saturated heterocycles. The summed E-state index contributed by atoms with van der Waals surface area (Å²) in [6, 6.07) is 7.89. The van der Waals surface area contributed by atoms with Crippen molar-refractivity contribution in [2.45, 2.75) is 25.9 Å². The van der Waals surface area contributed by atoms with Crippen molar-refractivity contribution in [2.75, 3.05) is 31.4 Å². The topological polar surface area (TPSA) is 120 Å². The van der Waals surface area contributed by atoms with Crippen LogP contribution >= 0.6 is 0 Å². The van der Waals surface area contributed by atoms with Crippen molar-refractivity contribution >= 4 is 38.2 Å². The predicted molar refractivity (Wildman–Crippen MR) is 150 cm³/mol. The Hall–Kier alpha value is -4.24. The van der Waals surface area contributed by atoms with Crippen LogP contribution in [0.4, 0.5) is 30.6 Å². The van der Waals surface area contributed by atoms with E-state index in [-0.39, 0.29) is 46.6 Å². The van der Waals surface area contributed by atoms with E-state index in [1.807, 2.05) is 11.9 Å². The number of nitrogens with one attached hydrogen (secondary N) is 1. The van der Waals surface area contributed by atoms with Gasteiger partial charge < -0.3 is 15.0 Å². The van der Waals surface area contributed by atoms with E-state index in [1.165, 1.54) is 40.2 Å². The Labute approximate surface area is 233 Å². The number of hydrogen-bond acceptors (Lipinski definition) is 9. The van der Waals surface area contributed by atoms with Crippen LogP contribution < -0.4 is 15.6 Å². The molecule has 0 fully saturated rings. The third-order valence-electron chi connectivity index (χ3n) is 6.19. The summed E-state index contributed by atoms with van der Waals surface area (Å²) >= 11 is 0. The highest BCUT2D eigenvalue weighted by atomic mass is 32.2. The highest BCUT2D eigenvalue weighted by molar-refractivity contribution is 7.92. The first-order valence-electron chi connectivity index (χ1n) is 12.4. The summed E-state index contributed by atoms with van der Waals surface area (Å²) in [5, 5.41) is 3.14. The molecule has 4 aromatic rings. The van der Waals surface area contributed by atoms with Crippen molar-refractivity contribution in [1.82, 2.24) is 29.2 Å². The van der Waals surface area contributed by atoms with Gasteiger partial charge in [0, 0.05) is 58.8 Å². The summed E-state index contributed by atoms with van der Waals surface area (Å²) in [5.74, 6) is 0.246. The number of halogens is 3. The van der Waals surface area contributed by atoms with E-state index in [9.17, 15) is 22.2 Å². The molecule has 5 rings (SSSR count). The Balaban J connectivity index is 1.62. The third-order valence-corrected chi connectivity index (χ3v) is 6.82. The number of hydrogen-bond donors (Lipinski definition) is 1. The smallest absolute Gasteiger partial charge is 0.405 e. The van der Waals surface area contributed by atoms with Crippen LogP contribution in [0.2, 0.25) is 0 Å². The number of likely N-dealkylation sites (N-methyl/N-ethyl adjacent to an activating group) is 1. The molecule has 0 unspecified atom stereocenters. The van der Waals surface area contributed by atoms with Crippen molar-refractivity contribution in [3.8, 4) is 11.6 Å². The number of benzene rings is 1. The third kappa shape index (κ3) is 6.25. The van der Waals surface area contributed by atoms with Gasteiger partial charge in [-0.2, -0.15) is 9.35 Å². The summed E-state index contributed by atoms with van der Waals surface area (Å²) in [5.41, 5.74) is 1.26. The SMILES string of the molecule is C=CCn1c(=O)c2cnc(Nc3cc4c(c(OC(F)(F)F)c3)CCN(C)C4)nc2n1-c1cccc(N=S(C)(C)=O)n1. The number of ether oxygens (including phenoxy) is 1. The Morgan fingerprint density at radius 1 is 1.24 bits per heavy atom. The molecule has 1 aromatic carbocycles. The van der Waals surface area contributed by atoms with E-state index in [1.54, 1.807) is 24.3 Å². The number of fused-ring (bicyclic) bond motifs is 2. The second kappa shape index (κ2) is 10.6. The molecule has 0 amide bonds. The summed E-state index contributed by atoms with van der Waals surface area (Å²) in [4.78, 5) is 28.5. The van der Waals surface area contributed by atoms with Crippen molar-refractivity contribution in [2.24, 2.45) is 4.36 Å². The molecule has 1 N–H and O–H groups in total. The van der Waals surface area contributed by atoms with Gasteiger partial charge in [-0.15, -0.1) is 19.8 Å². The van der Waals surface area contributed by atoms with Gasteiger partial charge in [-0.25, -0.2) is 23.5 Å². The molecule has 1 aliphatic rings. The van der Waals surface area contributed by atoms with E-state index < -0.39 is 21.7 Å². The fourth-order valence-corrected chi connectivity index (χ4v) is 5.18. The first-order chi connectivity index (χ1) is 19.3. The van der Waals surface area contributed by atoms with Gasteiger partial charge in [0.15, 0.2) is 17.3 Å².